The molecule has 0 heterocycles. The van der Waals surface area contributed by atoms with Gasteiger partial charge in [0.2, 0.25) is 10.0 Å². The van der Waals surface area contributed by atoms with Gasteiger partial charge in [0.25, 0.3) is 0 Å². The Morgan fingerprint density at radius 2 is 1.74 bits per heavy atom. The predicted octanol–water partition coefficient (Wildman–Crippen LogP) is 3.17. The average Bonchev–Trinajstić information content (AvgIpc) is 2.41. The molecule has 0 rings (SSSR count). The summed E-state index contributed by atoms with van der Waals surface area (Å²) in [7, 11) is -2.60. The molecule has 0 bridgehead atoms. The van der Waals surface area contributed by atoms with Crippen LogP contribution in [0.1, 0.15) is 53.9 Å². The van der Waals surface area contributed by atoms with Crippen LogP contribution in [0.5, 0.6) is 0 Å². The highest BCUT2D eigenvalue weighted by Gasteiger charge is 2.43. The summed E-state index contributed by atoms with van der Waals surface area (Å²) >= 11 is 4.36. The molecule has 0 aliphatic heterocycles. The molecule has 0 radical (unpaired) electrons. The standard InChI is InChI=1S/C16H35NO3S3/c1-9-16(5,12-15(3,4)22(7)18)14(10-13(2)11-21)17(6)23(8,19)20/h13-14,21H,9-12H2,1-8H3. The summed E-state index contributed by atoms with van der Waals surface area (Å²) in [6.45, 7) is 10.3. The first kappa shape index (κ1) is 23.4. The quantitative estimate of drug-likeness (QED) is 0.588. The molecule has 0 saturated carbocycles. The largest absolute Gasteiger partial charge is 0.259 e. The topological polar surface area (TPSA) is 54.5 Å². The van der Waals surface area contributed by atoms with Gasteiger partial charge < -0.3 is 0 Å². The molecule has 4 unspecified atom stereocenters. The molecular formula is C16H35NO3S3. The highest BCUT2D eigenvalue weighted by atomic mass is 32.2. The van der Waals surface area contributed by atoms with E-state index in [4.69, 9.17) is 0 Å². The molecule has 0 saturated heterocycles. The van der Waals surface area contributed by atoms with Crippen LogP contribution in [-0.2, 0) is 20.8 Å². The molecule has 0 spiro atoms. The summed E-state index contributed by atoms with van der Waals surface area (Å²) in [5.41, 5.74) is -0.246. The Hall–Kier alpha value is 0.410. The number of rotatable bonds is 10. The molecule has 4 nitrogen and oxygen atoms in total. The molecule has 0 aromatic rings. The number of nitrogens with zero attached hydrogens (tertiary/aromatic N) is 1. The number of sulfonamides is 1. The lowest BCUT2D eigenvalue weighted by Crippen LogP contribution is -2.50. The van der Waals surface area contributed by atoms with Crippen molar-refractivity contribution in [1.29, 1.82) is 0 Å². The zero-order valence-corrected chi connectivity index (χ0v) is 18.4. The maximum absolute atomic E-state index is 12.2. The first-order valence-corrected chi connectivity index (χ1v) is 12.1. The molecule has 0 N–H and O–H groups in total. The minimum atomic E-state index is -3.29. The fourth-order valence-electron chi connectivity index (χ4n) is 3.11. The van der Waals surface area contributed by atoms with Crippen molar-refractivity contribution in [3.8, 4) is 0 Å². The van der Waals surface area contributed by atoms with Gasteiger partial charge in [0, 0.05) is 34.9 Å². The SMILES string of the molecule is CCC(C)(CC(C)(C)S(C)=O)C(CC(C)CS)N(C)S(C)(=O)=O. The zero-order valence-electron chi connectivity index (χ0n) is 15.9. The Morgan fingerprint density at radius 3 is 2.04 bits per heavy atom. The van der Waals surface area contributed by atoms with E-state index in [1.165, 1.54) is 10.6 Å². The van der Waals surface area contributed by atoms with E-state index in [0.29, 0.717) is 12.3 Å². The van der Waals surface area contributed by atoms with Crippen LogP contribution in [-0.4, -0.2) is 53.0 Å². The van der Waals surface area contributed by atoms with E-state index in [-0.39, 0.29) is 16.2 Å². The van der Waals surface area contributed by atoms with Crippen LogP contribution in [0.4, 0.5) is 0 Å². The van der Waals surface area contributed by atoms with Crippen LogP contribution < -0.4 is 0 Å². The maximum atomic E-state index is 12.2. The Labute approximate surface area is 151 Å². The Kier molecular flexibility index (Phi) is 8.83. The third kappa shape index (κ3) is 6.67. The van der Waals surface area contributed by atoms with Crippen LogP contribution in [0.3, 0.4) is 0 Å². The van der Waals surface area contributed by atoms with Crippen LogP contribution in [0.15, 0.2) is 0 Å². The normalized spacial score (nSPS) is 20.1. The monoisotopic (exact) mass is 385 g/mol. The van der Waals surface area contributed by atoms with E-state index < -0.39 is 20.8 Å². The summed E-state index contributed by atoms with van der Waals surface area (Å²) in [6, 6.07) is -0.132. The van der Waals surface area contributed by atoms with Crippen molar-refractivity contribution >= 4 is 33.5 Å². The first-order valence-electron chi connectivity index (χ1n) is 8.08. The molecule has 0 aliphatic carbocycles. The summed E-state index contributed by atoms with van der Waals surface area (Å²) in [6.07, 6.45) is 5.27. The van der Waals surface area contributed by atoms with Gasteiger partial charge in [0.15, 0.2) is 0 Å². The maximum Gasteiger partial charge on any atom is 0.211 e. The van der Waals surface area contributed by atoms with Crippen molar-refractivity contribution in [3.05, 3.63) is 0 Å². The van der Waals surface area contributed by atoms with Gasteiger partial charge in [0.1, 0.15) is 0 Å². The highest BCUT2D eigenvalue weighted by molar-refractivity contribution is 7.88. The third-order valence-electron chi connectivity index (χ3n) is 5.12. The molecule has 140 valence electrons. The van der Waals surface area contributed by atoms with E-state index in [0.717, 1.165) is 18.6 Å². The molecule has 0 aromatic heterocycles. The number of hydrogen-bond donors (Lipinski definition) is 1. The van der Waals surface area contributed by atoms with E-state index in [1.54, 1.807) is 13.3 Å². The molecule has 4 atom stereocenters. The van der Waals surface area contributed by atoms with Gasteiger partial charge in [0.05, 0.1) is 6.26 Å². The van der Waals surface area contributed by atoms with E-state index >= 15 is 0 Å². The Morgan fingerprint density at radius 1 is 1.26 bits per heavy atom. The Bertz CT molecular complexity index is 505. The summed E-state index contributed by atoms with van der Waals surface area (Å²) in [4.78, 5) is 0. The fraction of sp³-hybridized carbons (Fsp3) is 1.00. The van der Waals surface area contributed by atoms with E-state index in [9.17, 15) is 12.6 Å². The minimum Gasteiger partial charge on any atom is -0.259 e. The van der Waals surface area contributed by atoms with Crippen LogP contribution in [0, 0.1) is 11.3 Å². The van der Waals surface area contributed by atoms with Crippen molar-refractivity contribution < 1.29 is 12.6 Å². The van der Waals surface area contributed by atoms with Gasteiger partial charge in [-0.1, -0.05) is 20.8 Å². The molecule has 23 heavy (non-hydrogen) atoms. The number of thiol groups is 1. The fourth-order valence-corrected chi connectivity index (χ4v) is 4.60. The molecule has 0 fully saturated rings. The smallest absolute Gasteiger partial charge is 0.211 e. The van der Waals surface area contributed by atoms with Gasteiger partial charge in [-0.25, -0.2) is 12.7 Å². The van der Waals surface area contributed by atoms with Crippen molar-refractivity contribution in [2.75, 3.05) is 25.3 Å². The van der Waals surface area contributed by atoms with Gasteiger partial charge >= 0.3 is 0 Å². The van der Waals surface area contributed by atoms with Crippen LogP contribution in [0.25, 0.3) is 0 Å². The highest BCUT2D eigenvalue weighted by Crippen LogP contribution is 2.42. The van der Waals surface area contributed by atoms with Crippen LogP contribution in [0.2, 0.25) is 0 Å². The van der Waals surface area contributed by atoms with E-state index in [1.807, 2.05) is 13.8 Å². The molecule has 0 aliphatic rings. The van der Waals surface area contributed by atoms with Crippen molar-refractivity contribution in [3.63, 3.8) is 0 Å². The average molecular weight is 386 g/mol. The van der Waals surface area contributed by atoms with E-state index in [2.05, 4.69) is 33.4 Å². The van der Waals surface area contributed by atoms with Gasteiger partial charge in [-0.2, -0.15) is 12.6 Å². The van der Waals surface area contributed by atoms with Gasteiger partial charge in [-0.3, -0.25) is 4.21 Å². The molecular weight excluding hydrogens is 350 g/mol. The third-order valence-corrected chi connectivity index (χ3v) is 8.74. The van der Waals surface area contributed by atoms with Gasteiger partial charge in [-0.15, -0.1) is 0 Å². The number of hydrogen-bond acceptors (Lipinski definition) is 4. The Balaban J connectivity index is 5.82. The van der Waals surface area contributed by atoms with Crippen molar-refractivity contribution in [2.45, 2.75) is 64.7 Å². The lowest BCUT2D eigenvalue weighted by atomic mass is 9.71. The predicted molar refractivity (Wildman–Crippen MR) is 105 cm³/mol. The second kappa shape index (κ2) is 8.68. The lowest BCUT2D eigenvalue weighted by molar-refractivity contribution is 0.109. The summed E-state index contributed by atoms with van der Waals surface area (Å²) < 4.78 is 37.5. The summed E-state index contributed by atoms with van der Waals surface area (Å²) in [5.74, 6) is 1.03. The second-order valence-electron chi connectivity index (χ2n) is 7.72. The molecule has 0 aromatic carbocycles. The zero-order chi connectivity index (χ0) is 18.6. The van der Waals surface area contributed by atoms with Crippen molar-refractivity contribution in [2.24, 2.45) is 11.3 Å². The molecule has 0 amide bonds. The van der Waals surface area contributed by atoms with Crippen LogP contribution >= 0.6 is 12.6 Å². The van der Waals surface area contributed by atoms with Gasteiger partial charge in [-0.05, 0) is 50.2 Å². The first-order chi connectivity index (χ1) is 10.2. The lowest BCUT2D eigenvalue weighted by Gasteiger charge is -2.45. The van der Waals surface area contributed by atoms with Crippen molar-refractivity contribution in [1.82, 2.24) is 4.31 Å². The molecule has 7 heteroatoms. The minimum absolute atomic E-state index is 0.132. The summed E-state index contributed by atoms with van der Waals surface area (Å²) in [5, 5.41) is 0. The second-order valence-corrected chi connectivity index (χ2v) is 12.1.